The number of carbonyl (C=O) groups is 1. The standard InChI is InChI=1S/C15H22N4O3Si/c1-23(2,3)22-14-10-19(9-13(14)17-18-16)15(20)21-11-12-7-5-4-6-8-12/h4-8,13-14H,9-11H2,1-3H3. The molecule has 0 bridgehead atoms. The van der Waals surface area contributed by atoms with Crippen LogP contribution in [0.3, 0.4) is 0 Å². The van der Waals surface area contributed by atoms with Crippen molar-refractivity contribution in [2.45, 2.75) is 38.4 Å². The number of azide groups is 1. The fourth-order valence-corrected chi connectivity index (χ4v) is 3.60. The minimum absolute atomic E-state index is 0.224. The lowest BCUT2D eigenvalue weighted by Gasteiger charge is -2.25. The van der Waals surface area contributed by atoms with Gasteiger partial charge in [-0.15, -0.1) is 0 Å². The lowest BCUT2D eigenvalue weighted by molar-refractivity contribution is 0.0986. The molecular weight excluding hydrogens is 312 g/mol. The van der Waals surface area contributed by atoms with Crippen LogP contribution in [-0.4, -0.2) is 44.5 Å². The van der Waals surface area contributed by atoms with Gasteiger partial charge >= 0.3 is 6.09 Å². The van der Waals surface area contributed by atoms with Gasteiger partial charge in [-0.2, -0.15) is 0 Å². The topological polar surface area (TPSA) is 87.5 Å². The largest absolute Gasteiger partial charge is 0.445 e. The average molecular weight is 334 g/mol. The van der Waals surface area contributed by atoms with Gasteiger partial charge in [0.25, 0.3) is 0 Å². The van der Waals surface area contributed by atoms with Gasteiger partial charge < -0.3 is 14.1 Å². The number of benzene rings is 1. The molecule has 0 saturated carbocycles. The Labute approximate surface area is 136 Å². The Morgan fingerprint density at radius 1 is 1.35 bits per heavy atom. The van der Waals surface area contributed by atoms with Crippen molar-refractivity contribution >= 4 is 14.4 Å². The van der Waals surface area contributed by atoms with Crippen molar-refractivity contribution in [2.75, 3.05) is 13.1 Å². The first-order valence-electron chi connectivity index (χ1n) is 7.57. The summed E-state index contributed by atoms with van der Waals surface area (Å²) in [6.45, 7) is 7.14. The second-order valence-corrected chi connectivity index (χ2v) is 10.9. The third-order valence-corrected chi connectivity index (χ3v) is 4.42. The summed E-state index contributed by atoms with van der Waals surface area (Å²) in [5.41, 5.74) is 9.63. The summed E-state index contributed by atoms with van der Waals surface area (Å²) in [6, 6.07) is 9.14. The molecule has 0 N–H and O–H groups in total. The van der Waals surface area contributed by atoms with E-state index in [0.717, 1.165) is 5.56 Å². The molecule has 0 radical (unpaired) electrons. The molecule has 1 aromatic rings. The second kappa shape index (κ2) is 7.50. The highest BCUT2D eigenvalue weighted by atomic mass is 28.4. The van der Waals surface area contributed by atoms with E-state index >= 15 is 0 Å². The first-order valence-corrected chi connectivity index (χ1v) is 11.0. The van der Waals surface area contributed by atoms with E-state index in [4.69, 9.17) is 14.7 Å². The fourth-order valence-electron chi connectivity index (χ4n) is 2.46. The minimum atomic E-state index is -1.79. The van der Waals surface area contributed by atoms with Crippen LogP contribution in [0.5, 0.6) is 0 Å². The lowest BCUT2D eigenvalue weighted by Crippen LogP contribution is -2.38. The summed E-state index contributed by atoms with van der Waals surface area (Å²) in [6.07, 6.45) is -0.671. The molecule has 0 aromatic heterocycles. The van der Waals surface area contributed by atoms with Crippen LogP contribution in [0.15, 0.2) is 35.4 Å². The van der Waals surface area contributed by atoms with Crippen molar-refractivity contribution < 1.29 is 14.0 Å². The number of amides is 1. The van der Waals surface area contributed by atoms with Gasteiger partial charge in [-0.25, -0.2) is 4.79 Å². The molecule has 1 heterocycles. The first-order chi connectivity index (χ1) is 10.9. The summed E-state index contributed by atoms with van der Waals surface area (Å²) in [4.78, 5) is 16.6. The Balaban J connectivity index is 1.94. The van der Waals surface area contributed by atoms with E-state index in [9.17, 15) is 4.79 Å². The van der Waals surface area contributed by atoms with Gasteiger partial charge in [0.2, 0.25) is 0 Å². The lowest BCUT2D eigenvalue weighted by atomic mass is 10.2. The maximum Gasteiger partial charge on any atom is 0.410 e. The summed E-state index contributed by atoms with van der Waals surface area (Å²) in [5, 5.41) is 3.77. The van der Waals surface area contributed by atoms with Crippen LogP contribution in [0.1, 0.15) is 5.56 Å². The zero-order valence-electron chi connectivity index (χ0n) is 13.7. The molecule has 2 atom stereocenters. The number of nitrogens with zero attached hydrogens (tertiary/aromatic N) is 4. The maximum absolute atomic E-state index is 12.2. The average Bonchev–Trinajstić information content (AvgIpc) is 2.87. The van der Waals surface area contributed by atoms with Crippen LogP contribution in [0.2, 0.25) is 19.6 Å². The van der Waals surface area contributed by atoms with E-state index in [2.05, 4.69) is 29.7 Å². The predicted molar refractivity (Wildman–Crippen MR) is 89.4 cm³/mol. The number of likely N-dealkylation sites (tertiary alicyclic amines) is 1. The van der Waals surface area contributed by atoms with Crippen LogP contribution in [0.4, 0.5) is 4.79 Å². The van der Waals surface area contributed by atoms with Gasteiger partial charge in [0.05, 0.1) is 12.1 Å². The Kier molecular flexibility index (Phi) is 5.65. The molecule has 2 rings (SSSR count). The van der Waals surface area contributed by atoms with Gasteiger partial charge in [0.15, 0.2) is 8.32 Å². The summed E-state index contributed by atoms with van der Waals surface area (Å²) in [7, 11) is -1.79. The number of carbonyl (C=O) groups excluding carboxylic acids is 1. The minimum Gasteiger partial charge on any atom is -0.445 e. The van der Waals surface area contributed by atoms with E-state index in [1.165, 1.54) is 0 Å². The molecule has 1 fully saturated rings. The van der Waals surface area contributed by atoms with Gasteiger partial charge in [-0.05, 0) is 30.7 Å². The molecule has 2 unspecified atom stereocenters. The van der Waals surface area contributed by atoms with E-state index in [0.29, 0.717) is 13.1 Å². The molecule has 8 heteroatoms. The number of rotatable bonds is 5. The van der Waals surface area contributed by atoms with Crippen molar-refractivity contribution in [3.8, 4) is 0 Å². The van der Waals surface area contributed by atoms with Crippen molar-refractivity contribution in [1.82, 2.24) is 4.90 Å². The molecule has 0 aliphatic carbocycles. The number of hydrogen-bond donors (Lipinski definition) is 0. The highest BCUT2D eigenvalue weighted by molar-refractivity contribution is 6.69. The van der Waals surface area contributed by atoms with E-state index in [1.54, 1.807) is 4.90 Å². The molecule has 1 aromatic carbocycles. The van der Waals surface area contributed by atoms with Crippen LogP contribution < -0.4 is 0 Å². The third-order valence-electron chi connectivity index (χ3n) is 3.41. The fraction of sp³-hybridized carbons (Fsp3) is 0.533. The predicted octanol–water partition coefficient (Wildman–Crippen LogP) is 3.54. The Morgan fingerprint density at radius 3 is 2.65 bits per heavy atom. The Morgan fingerprint density at radius 2 is 2.04 bits per heavy atom. The molecule has 23 heavy (non-hydrogen) atoms. The monoisotopic (exact) mass is 334 g/mol. The highest BCUT2D eigenvalue weighted by Gasteiger charge is 2.38. The van der Waals surface area contributed by atoms with Crippen molar-refractivity contribution in [3.63, 3.8) is 0 Å². The molecule has 0 spiro atoms. The first kappa shape index (κ1) is 17.3. The molecule has 1 aliphatic heterocycles. The van der Waals surface area contributed by atoms with E-state index < -0.39 is 14.4 Å². The molecule has 1 saturated heterocycles. The highest BCUT2D eigenvalue weighted by Crippen LogP contribution is 2.22. The van der Waals surface area contributed by atoms with Gasteiger partial charge in [0, 0.05) is 18.0 Å². The Hall–Kier alpha value is -2.02. The van der Waals surface area contributed by atoms with Crippen molar-refractivity contribution in [3.05, 3.63) is 46.3 Å². The van der Waals surface area contributed by atoms with Crippen LogP contribution in [0.25, 0.3) is 10.4 Å². The zero-order chi connectivity index (χ0) is 16.9. The SMILES string of the molecule is C[Si](C)(C)OC1CN(C(=O)OCc2ccccc2)CC1N=[N+]=[N-]. The maximum atomic E-state index is 12.2. The van der Waals surface area contributed by atoms with Gasteiger partial charge in [-0.3, -0.25) is 0 Å². The van der Waals surface area contributed by atoms with Gasteiger partial charge in [0.1, 0.15) is 6.61 Å². The van der Waals surface area contributed by atoms with Crippen LogP contribution in [-0.2, 0) is 15.8 Å². The normalized spacial score (nSPS) is 20.9. The quantitative estimate of drug-likeness (QED) is 0.357. The number of ether oxygens (including phenoxy) is 1. The Bertz CT molecular complexity index is 584. The van der Waals surface area contributed by atoms with Crippen molar-refractivity contribution in [1.29, 1.82) is 0 Å². The molecule has 1 amide bonds. The van der Waals surface area contributed by atoms with Crippen LogP contribution in [0, 0.1) is 0 Å². The molecule has 124 valence electrons. The smallest absolute Gasteiger partial charge is 0.410 e. The van der Waals surface area contributed by atoms with Gasteiger partial charge in [-0.1, -0.05) is 35.4 Å². The zero-order valence-corrected chi connectivity index (χ0v) is 14.7. The number of hydrogen-bond acceptors (Lipinski definition) is 4. The molecule has 1 aliphatic rings. The third kappa shape index (κ3) is 5.28. The second-order valence-electron chi connectivity index (χ2n) is 6.49. The van der Waals surface area contributed by atoms with Crippen LogP contribution >= 0.6 is 0 Å². The molecule has 7 nitrogen and oxygen atoms in total. The summed E-state index contributed by atoms with van der Waals surface area (Å²) >= 11 is 0. The van der Waals surface area contributed by atoms with E-state index in [1.807, 2.05) is 30.3 Å². The van der Waals surface area contributed by atoms with Crippen molar-refractivity contribution in [2.24, 2.45) is 5.11 Å². The van der Waals surface area contributed by atoms with E-state index in [-0.39, 0.29) is 18.8 Å². The molecular formula is C15H22N4O3Si. The summed E-state index contributed by atoms with van der Waals surface area (Å²) in [5.74, 6) is 0. The summed E-state index contributed by atoms with van der Waals surface area (Å²) < 4.78 is 11.4.